The molecule has 1 atom stereocenters. The van der Waals surface area contributed by atoms with Crippen molar-refractivity contribution in [2.24, 2.45) is 0 Å². The number of nitrogens with one attached hydrogen (secondary N) is 1. The highest BCUT2D eigenvalue weighted by Gasteiger charge is 2.25. The van der Waals surface area contributed by atoms with Crippen molar-refractivity contribution in [3.63, 3.8) is 0 Å². The van der Waals surface area contributed by atoms with Crippen molar-refractivity contribution in [3.8, 4) is 5.75 Å². The molecule has 1 fully saturated rings. The van der Waals surface area contributed by atoms with Crippen LogP contribution in [0.2, 0.25) is 0 Å². The highest BCUT2D eigenvalue weighted by molar-refractivity contribution is 5.69. The quantitative estimate of drug-likeness (QED) is 0.649. The Morgan fingerprint density at radius 3 is 2.95 bits per heavy atom. The van der Waals surface area contributed by atoms with Gasteiger partial charge >= 0.3 is 5.69 Å². The van der Waals surface area contributed by atoms with Gasteiger partial charge in [-0.3, -0.25) is 10.1 Å². The molecule has 0 radical (unpaired) electrons. The molecule has 0 aromatic heterocycles. The highest BCUT2D eigenvalue weighted by atomic mass is 16.6. The average Bonchev–Trinajstić information content (AvgIpc) is 2.90. The van der Waals surface area contributed by atoms with E-state index in [1.807, 2.05) is 11.9 Å². The molecule has 1 saturated heterocycles. The van der Waals surface area contributed by atoms with Crippen molar-refractivity contribution in [1.29, 1.82) is 0 Å². The second kappa shape index (κ2) is 5.88. The minimum atomic E-state index is -0.382. The van der Waals surface area contributed by atoms with Crippen molar-refractivity contribution in [1.82, 2.24) is 5.32 Å². The van der Waals surface area contributed by atoms with Crippen molar-refractivity contribution >= 4 is 11.4 Å². The van der Waals surface area contributed by atoms with Crippen molar-refractivity contribution in [2.75, 3.05) is 32.1 Å². The molecule has 6 nitrogen and oxygen atoms in total. The van der Waals surface area contributed by atoms with Gasteiger partial charge in [-0.2, -0.15) is 0 Å². The molecule has 1 heterocycles. The lowest BCUT2D eigenvalue weighted by Gasteiger charge is -2.23. The van der Waals surface area contributed by atoms with Crippen LogP contribution >= 0.6 is 0 Å². The molecule has 104 valence electrons. The van der Waals surface area contributed by atoms with E-state index in [0.29, 0.717) is 17.5 Å². The Hall–Kier alpha value is -1.82. The Kier molecular flexibility index (Phi) is 4.21. The number of likely N-dealkylation sites (N-methyl/N-ethyl adjacent to an activating group) is 1. The number of nitrogens with zero attached hydrogens (tertiary/aromatic N) is 2. The van der Waals surface area contributed by atoms with Crippen LogP contribution in [0.1, 0.15) is 12.8 Å². The van der Waals surface area contributed by atoms with Crippen molar-refractivity contribution in [2.45, 2.75) is 18.9 Å². The average molecular weight is 265 g/mol. The molecule has 19 heavy (non-hydrogen) atoms. The van der Waals surface area contributed by atoms with Crippen LogP contribution in [0.25, 0.3) is 0 Å². The van der Waals surface area contributed by atoms with Gasteiger partial charge < -0.3 is 15.0 Å². The smallest absolute Gasteiger partial charge is 0.333 e. The molecule has 0 amide bonds. The van der Waals surface area contributed by atoms with E-state index in [9.17, 15) is 10.1 Å². The van der Waals surface area contributed by atoms with E-state index in [-0.39, 0.29) is 10.6 Å². The maximum atomic E-state index is 11.2. The molecule has 1 aromatic rings. The molecule has 1 N–H and O–H groups in total. The zero-order chi connectivity index (χ0) is 13.8. The number of ether oxygens (including phenoxy) is 1. The predicted molar refractivity (Wildman–Crippen MR) is 73.9 cm³/mol. The van der Waals surface area contributed by atoms with E-state index in [4.69, 9.17) is 4.74 Å². The molecule has 0 saturated carbocycles. The van der Waals surface area contributed by atoms with Gasteiger partial charge in [0, 0.05) is 19.6 Å². The number of benzene rings is 1. The summed E-state index contributed by atoms with van der Waals surface area (Å²) in [5, 5.41) is 14.6. The summed E-state index contributed by atoms with van der Waals surface area (Å²) < 4.78 is 5.08. The topological polar surface area (TPSA) is 67.6 Å². The van der Waals surface area contributed by atoms with E-state index in [2.05, 4.69) is 5.32 Å². The van der Waals surface area contributed by atoms with E-state index < -0.39 is 0 Å². The van der Waals surface area contributed by atoms with Crippen LogP contribution in [-0.2, 0) is 0 Å². The fourth-order valence-corrected chi connectivity index (χ4v) is 2.51. The summed E-state index contributed by atoms with van der Waals surface area (Å²) in [4.78, 5) is 12.8. The molecule has 0 bridgehead atoms. The van der Waals surface area contributed by atoms with Gasteiger partial charge in [0.1, 0.15) is 5.69 Å². The summed E-state index contributed by atoms with van der Waals surface area (Å²) >= 11 is 0. The molecule has 1 aliphatic heterocycles. The molecule has 0 spiro atoms. The lowest BCUT2D eigenvalue weighted by Crippen LogP contribution is -2.35. The summed E-state index contributed by atoms with van der Waals surface area (Å²) in [7, 11) is 3.33. The first-order valence-corrected chi connectivity index (χ1v) is 6.39. The van der Waals surface area contributed by atoms with Gasteiger partial charge in [-0.1, -0.05) is 6.07 Å². The predicted octanol–water partition coefficient (Wildman–Crippen LogP) is 1.79. The Morgan fingerprint density at radius 1 is 1.58 bits per heavy atom. The number of nitro groups is 1. The number of para-hydroxylation sites is 1. The first kappa shape index (κ1) is 13.6. The number of hydrogen-bond acceptors (Lipinski definition) is 5. The van der Waals surface area contributed by atoms with Gasteiger partial charge in [0.15, 0.2) is 5.75 Å². The Bertz CT molecular complexity index is 458. The molecule has 0 aliphatic carbocycles. The van der Waals surface area contributed by atoms with Crippen LogP contribution in [0.5, 0.6) is 5.75 Å². The van der Waals surface area contributed by atoms with Crippen molar-refractivity contribution < 1.29 is 9.66 Å². The third kappa shape index (κ3) is 2.96. The van der Waals surface area contributed by atoms with Crippen LogP contribution in [0.3, 0.4) is 0 Å². The Balaban J connectivity index is 2.24. The summed E-state index contributed by atoms with van der Waals surface area (Å²) in [6.45, 7) is 1.78. The van der Waals surface area contributed by atoms with E-state index >= 15 is 0 Å². The summed E-state index contributed by atoms with van der Waals surface area (Å²) in [5.41, 5.74) is 0.628. The minimum Gasteiger partial charge on any atom is -0.490 e. The summed E-state index contributed by atoms with van der Waals surface area (Å²) in [5.74, 6) is 0.300. The molecule has 6 heteroatoms. The molecular weight excluding hydrogens is 246 g/mol. The van der Waals surface area contributed by atoms with Gasteiger partial charge in [-0.25, -0.2) is 0 Å². The summed E-state index contributed by atoms with van der Waals surface area (Å²) in [6, 6.07) is 5.55. The first-order valence-electron chi connectivity index (χ1n) is 6.39. The molecule has 2 rings (SSSR count). The highest BCUT2D eigenvalue weighted by Crippen LogP contribution is 2.36. The fourth-order valence-electron chi connectivity index (χ4n) is 2.51. The normalized spacial score (nSPS) is 18.3. The number of hydrogen-bond donors (Lipinski definition) is 1. The lowest BCUT2D eigenvalue weighted by molar-refractivity contribution is -0.385. The largest absolute Gasteiger partial charge is 0.490 e. The standard InChI is InChI=1S/C13H19N3O3/c1-15(9-10-5-4-8-14-10)11-6-3-7-12(19-2)13(11)16(17)18/h3,6-7,10,14H,4-5,8-9H2,1-2H3. The van der Waals surface area contributed by atoms with Crippen LogP contribution in [0.4, 0.5) is 11.4 Å². The van der Waals surface area contributed by atoms with Crippen molar-refractivity contribution in [3.05, 3.63) is 28.3 Å². The second-order valence-corrected chi connectivity index (χ2v) is 4.76. The number of methoxy groups -OCH3 is 1. The lowest BCUT2D eigenvalue weighted by atomic mass is 10.2. The second-order valence-electron chi connectivity index (χ2n) is 4.76. The minimum absolute atomic E-state index is 0.0329. The number of anilines is 1. The van der Waals surface area contributed by atoms with E-state index in [1.165, 1.54) is 13.5 Å². The van der Waals surface area contributed by atoms with Crippen LogP contribution in [0.15, 0.2) is 18.2 Å². The van der Waals surface area contributed by atoms with Crippen LogP contribution in [0, 0.1) is 10.1 Å². The van der Waals surface area contributed by atoms with Gasteiger partial charge in [0.05, 0.1) is 12.0 Å². The van der Waals surface area contributed by atoms with E-state index in [0.717, 1.165) is 19.5 Å². The number of nitro benzene ring substituents is 1. The first-order chi connectivity index (χ1) is 9.13. The zero-order valence-electron chi connectivity index (χ0n) is 11.3. The molecule has 1 aromatic carbocycles. The molecule has 1 unspecified atom stereocenters. The van der Waals surface area contributed by atoms with E-state index in [1.54, 1.807) is 18.2 Å². The Morgan fingerprint density at radius 2 is 2.37 bits per heavy atom. The zero-order valence-corrected chi connectivity index (χ0v) is 11.3. The maximum Gasteiger partial charge on any atom is 0.333 e. The summed E-state index contributed by atoms with van der Waals surface area (Å²) in [6.07, 6.45) is 2.28. The van der Waals surface area contributed by atoms with Crippen LogP contribution < -0.4 is 15.0 Å². The van der Waals surface area contributed by atoms with Gasteiger partial charge in [0.2, 0.25) is 0 Å². The van der Waals surface area contributed by atoms with Gasteiger partial charge in [-0.15, -0.1) is 0 Å². The van der Waals surface area contributed by atoms with Gasteiger partial charge in [-0.05, 0) is 31.5 Å². The molecular formula is C13H19N3O3. The van der Waals surface area contributed by atoms with Crippen LogP contribution in [-0.4, -0.2) is 38.2 Å². The fraction of sp³-hybridized carbons (Fsp3) is 0.538. The third-order valence-electron chi connectivity index (χ3n) is 3.45. The third-order valence-corrected chi connectivity index (χ3v) is 3.45. The number of rotatable bonds is 5. The SMILES string of the molecule is COc1cccc(N(C)CC2CCCN2)c1[N+](=O)[O-]. The molecule has 1 aliphatic rings. The Labute approximate surface area is 112 Å². The maximum absolute atomic E-state index is 11.2. The van der Waals surface area contributed by atoms with Gasteiger partial charge in [0.25, 0.3) is 0 Å². The monoisotopic (exact) mass is 265 g/mol.